The number of ether oxygens (including phenoxy) is 1. The fourth-order valence-corrected chi connectivity index (χ4v) is 4.62. The SMILES string of the molecule is COc1ccc(-c2noc(CN3CCN(C(=O)CC(C4CC4)C4CC4)CC3)n2)cc1. The first-order chi connectivity index (χ1) is 14.7. The molecule has 0 radical (unpaired) electrons. The molecular weight excluding hydrogens is 380 g/mol. The van der Waals surface area contributed by atoms with Crippen molar-refractivity contribution in [1.82, 2.24) is 19.9 Å². The summed E-state index contributed by atoms with van der Waals surface area (Å²) in [5, 5.41) is 4.11. The maximum Gasteiger partial charge on any atom is 0.241 e. The van der Waals surface area contributed by atoms with Gasteiger partial charge in [-0.1, -0.05) is 5.16 Å². The second-order valence-electron chi connectivity index (χ2n) is 8.94. The summed E-state index contributed by atoms with van der Waals surface area (Å²) in [4.78, 5) is 21.7. The molecule has 2 aromatic rings. The van der Waals surface area contributed by atoms with E-state index in [1.54, 1.807) is 7.11 Å². The van der Waals surface area contributed by atoms with E-state index in [2.05, 4.69) is 19.9 Å². The standard InChI is InChI=1S/C23H30N4O3/c1-29-19-8-6-18(7-9-19)23-24-21(30-25-23)15-26-10-12-27(13-11-26)22(28)14-20(16-2-3-16)17-4-5-17/h6-9,16-17,20H,2-5,10-15H2,1H3. The fourth-order valence-electron chi connectivity index (χ4n) is 4.62. The van der Waals surface area contributed by atoms with E-state index in [9.17, 15) is 4.79 Å². The van der Waals surface area contributed by atoms with Crippen LogP contribution in [-0.2, 0) is 11.3 Å². The van der Waals surface area contributed by atoms with Crippen molar-refractivity contribution in [2.45, 2.75) is 38.6 Å². The van der Waals surface area contributed by atoms with Crippen LogP contribution in [0.3, 0.4) is 0 Å². The lowest BCUT2D eigenvalue weighted by Gasteiger charge is -2.34. The molecule has 3 fully saturated rings. The second kappa shape index (κ2) is 8.38. The lowest BCUT2D eigenvalue weighted by atomic mass is 9.93. The molecule has 1 aliphatic heterocycles. The first kappa shape index (κ1) is 19.5. The Labute approximate surface area is 177 Å². The molecule has 1 amide bonds. The second-order valence-corrected chi connectivity index (χ2v) is 8.94. The Morgan fingerprint density at radius 3 is 2.37 bits per heavy atom. The molecule has 0 N–H and O–H groups in total. The number of benzene rings is 1. The van der Waals surface area contributed by atoms with E-state index in [1.807, 2.05) is 24.3 Å². The molecule has 3 aliphatic rings. The predicted molar refractivity (Wildman–Crippen MR) is 112 cm³/mol. The Hall–Kier alpha value is -2.41. The lowest BCUT2D eigenvalue weighted by molar-refractivity contribution is -0.134. The van der Waals surface area contributed by atoms with Gasteiger partial charge in [0.1, 0.15) is 5.75 Å². The van der Waals surface area contributed by atoms with E-state index < -0.39 is 0 Å². The predicted octanol–water partition coefficient (Wildman–Crippen LogP) is 3.22. The smallest absolute Gasteiger partial charge is 0.241 e. The average molecular weight is 411 g/mol. The summed E-state index contributed by atoms with van der Waals surface area (Å²) < 4.78 is 10.6. The van der Waals surface area contributed by atoms with E-state index >= 15 is 0 Å². The zero-order valence-electron chi connectivity index (χ0n) is 17.6. The first-order valence-electron chi connectivity index (χ1n) is 11.2. The van der Waals surface area contributed by atoms with E-state index in [-0.39, 0.29) is 0 Å². The summed E-state index contributed by atoms with van der Waals surface area (Å²) in [5.41, 5.74) is 0.905. The van der Waals surface area contributed by atoms with Crippen LogP contribution in [0.2, 0.25) is 0 Å². The highest BCUT2D eigenvalue weighted by Crippen LogP contribution is 2.50. The number of carbonyl (C=O) groups is 1. The van der Waals surface area contributed by atoms with Crippen LogP contribution in [-0.4, -0.2) is 59.1 Å². The Bertz CT molecular complexity index is 853. The highest BCUT2D eigenvalue weighted by atomic mass is 16.5. The molecule has 1 aromatic carbocycles. The molecule has 0 unspecified atom stereocenters. The van der Waals surface area contributed by atoms with Gasteiger partial charge in [-0.25, -0.2) is 0 Å². The number of nitrogens with zero attached hydrogens (tertiary/aromatic N) is 4. The van der Waals surface area contributed by atoms with Crippen LogP contribution >= 0.6 is 0 Å². The number of rotatable bonds is 8. The number of carbonyl (C=O) groups excluding carboxylic acids is 1. The van der Waals surface area contributed by atoms with E-state index in [0.717, 1.165) is 55.7 Å². The van der Waals surface area contributed by atoms with Gasteiger partial charge in [0.25, 0.3) is 0 Å². The van der Waals surface area contributed by atoms with Crippen molar-refractivity contribution < 1.29 is 14.1 Å². The molecule has 1 saturated heterocycles. The van der Waals surface area contributed by atoms with Crippen LogP contribution in [0, 0.1) is 17.8 Å². The lowest BCUT2D eigenvalue weighted by Crippen LogP contribution is -2.48. The number of methoxy groups -OCH3 is 1. The molecule has 30 heavy (non-hydrogen) atoms. The van der Waals surface area contributed by atoms with E-state index in [0.29, 0.717) is 30.1 Å². The minimum Gasteiger partial charge on any atom is -0.497 e. The Kier molecular flexibility index (Phi) is 5.46. The summed E-state index contributed by atoms with van der Waals surface area (Å²) in [6.07, 6.45) is 6.12. The van der Waals surface area contributed by atoms with Crippen molar-refractivity contribution in [2.75, 3.05) is 33.3 Å². The highest BCUT2D eigenvalue weighted by molar-refractivity contribution is 5.76. The van der Waals surface area contributed by atoms with Gasteiger partial charge in [0, 0.05) is 38.2 Å². The number of hydrogen-bond acceptors (Lipinski definition) is 6. The molecule has 2 aliphatic carbocycles. The Balaban J connectivity index is 1.11. The van der Waals surface area contributed by atoms with Crippen molar-refractivity contribution in [3.05, 3.63) is 30.2 Å². The molecule has 0 atom stereocenters. The van der Waals surface area contributed by atoms with Gasteiger partial charge in [-0.15, -0.1) is 0 Å². The summed E-state index contributed by atoms with van der Waals surface area (Å²) in [5.74, 6) is 4.69. The third-order valence-corrected chi connectivity index (χ3v) is 6.77. The van der Waals surface area contributed by atoms with Crippen LogP contribution in [0.5, 0.6) is 5.75 Å². The third kappa shape index (κ3) is 4.51. The molecule has 0 spiro atoms. The van der Waals surface area contributed by atoms with Crippen molar-refractivity contribution in [2.24, 2.45) is 17.8 Å². The van der Waals surface area contributed by atoms with Gasteiger partial charge in [0.15, 0.2) is 0 Å². The number of amides is 1. The third-order valence-electron chi connectivity index (χ3n) is 6.77. The summed E-state index contributed by atoms with van der Waals surface area (Å²) in [7, 11) is 1.65. The molecule has 7 heteroatoms. The summed E-state index contributed by atoms with van der Waals surface area (Å²) in [6.45, 7) is 3.91. The maximum atomic E-state index is 12.8. The molecular formula is C23H30N4O3. The zero-order valence-corrected chi connectivity index (χ0v) is 17.6. The quantitative estimate of drug-likeness (QED) is 0.665. The van der Waals surface area contributed by atoms with Crippen LogP contribution in [0.25, 0.3) is 11.4 Å². The van der Waals surface area contributed by atoms with Crippen molar-refractivity contribution in [3.63, 3.8) is 0 Å². The van der Waals surface area contributed by atoms with Crippen molar-refractivity contribution in [3.8, 4) is 17.1 Å². The van der Waals surface area contributed by atoms with Gasteiger partial charge in [-0.05, 0) is 67.7 Å². The molecule has 1 aromatic heterocycles. The van der Waals surface area contributed by atoms with Crippen LogP contribution in [0.15, 0.2) is 28.8 Å². The molecule has 2 heterocycles. The highest BCUT2D eigenvalue weighted by Gasteiger charge is 2.42. The van der Waals surface area contributed by atoms with Crippen molar-refractivity contribution in [1.29, 1.82) is 0 Å². The van der Waals surface area contributed by atoms with Gasteiger partial charge in [-0.3, -0.25) is 9.69 Å². The Morgan fingerprint density at radius 1 is 1.10 bits per heavy atom. The van der Waals surface area contributed by atoms with Gasteiger partial charge < -0.3 is 14.2 Å². The van der Waals surface area contributed by atoms with Gasteiger partial charge in [-0.2, -0.15) is 4.98 Å². The number of hydrogen-bond donors (Lipinski definition) is 0. The zero-order chi connectivity index (χ0) is 20.5. The minimum atomic E-state index is 0.359. The number of piperazine rings is 1. The fraction of sp³-hybridized carbons (Fsp3) is 0.609. The van der Waals surface area contributed by atoms with Crippen LogP contribution < -0.4 is 4.74 Å². The molecule has 0 bridgehead atoms. The van der Waals surface area contributed by atoms with Crippen LogP contribution in [0.1, 0.15) is 38.0 Å². The first-order valence-corrected chi connectivity index (χ1v) is 11.2. The summed E-state index contributed by atoms with van der Waals surface area (Å²) in [6, 6.07) is 7.62. The van der Waals surface area contributed by atoms with Gasteiger partial charge in [0.2, 0.25) is 17.6 Å². The van der Waals surface area contributed by atoms with Crippen LogP contribution in [0.4, 0.5) is 0 Å². The van der Waals surface area contributed by atoms with Crippen molar-refractivity contribution >= 4 is 5.91 Å². The number of aromatic nitrogens is 2. The van der Waals surface area contributed by atoms with E-state index in [1.165, 1.54) is 25.7 Å². The van der Waals surface area contributed by atoms with E-state index in [4.69, 9.17) is 9.26 Å². The monoisotopic (exact) mass is 410 g/mol. The molecule has 160 valence electrons. The maximum absolute atomic E-state index is 12.8. The van der Waals surface area contributed by atoms with Gasteiger partial charge in [0.05, 0.1) is 13.7 Å². The largest absolute Gasteiger partial charge is 0.497 e. The average Bonchev–Trinajstić information content (AvgIpc) is 3.71. The normalized spacial score (nSPS) is 20.0. The molecule has 2 saturated carbocycles. The van der Waals surface area contributed by atoms with Gasteiger partial charge >= 0.3 is 0 Å². The molecule has 5 rings (SSSR count). The summed E-state index contributed by atoms with van der Waals surface area (Å²) >= 11 is 0. The Morgan fingerprint density at radius 2 is 1.77 bits per heavy atom. The topological polar surface area (TPSA) is 71.7 Å². The molecule has 7 nitrogen and oxygen atoms in total. The minimum absolute atomic E-state index is 0.359.